The van der Waals surface area contributed by atoms with Crippen LogP contribution in [0.4, 0.5) is 0 Å². The van der Waals surface area contributed by atoms with E-state index in [1.807, 2.05) is 32.9 Å². The molecule has 3 heteroatoms. The average molecular weight is 356 g/mol. The van der Waals surface area contributed by atoms with E-state index >= 15 is 0 Å². The molecule has 142 valence electrons. The number of nitriles is 1. The quantitative estimate of drug-likeness (QED) is 0.507. The Morgan fingerprint density at radius 1 is 0.962 bits per heavy atom. The highest BCUT2D eigenvalue weighted by molar-refractivity contribution is 6.06. The van der Waals surface area contributed by atoms with Gasteiger partial charge in [-0.25, -0.2) is 0 Å². The summed E-state index contributed by atoms with van der Waals surface area (Å²) in [5.41, 5.74) is 2.33. The first-order valence-corrected chi connectivity index (χ1v) is 9.02. The monoisotopic (exact) mass is 355 g/mol. The third-order valence-electron chi connectivity index (χ3n) is 4.29. The van der Waals surface area contributed by atoms with E-state index in [2.05, 4.69) is 47.6 Å². The Balaban J connectivity index is 3.77. The molecule has 0 aromatic heterocycles. The van der Waals surface area contributed by atoms with Crippen LogP contribution < -0.4 is 4.74 Å². The minimum Gasteiger partial charge on any atom is -0.496 e. The van der Waals surface area contributed by atoms with Crippen LogP contribution in [0.5, 0.6) is 5.75 Å². The summed E-state index contributed by atoms with van der Waals surface area (Å²) in [6.45, 7) is 18.3. The second-order valence-electron chi connectivity index (χ2n) is 9.90. The standard InChI is InChI=1S/C23H33NO2/c1-21(2,3)17-12-15(11-16(14-24)20(25)23(7,8)9)13-18(19(17)26-10)22(4,5)6/h11-13H,1-10H3. The molecule has 0 aliphatic rings. The van der Waals surface area contributed by atoms with Gasteiger partial charge >= 0.3 is 0 Å². The van der Waals surface area contributed by atoms with Crippen molar-refractivity contribution in [3.63, 3.8) is 0 Å². The molecule has 0 aliphatic heterocycles. The minimum absolute atomic E-state index is 0.129. The predicted molar refractivity (Wildman–Crippen MR) is 108 cm³/mol. The molecule has 1 aromatic rings. The molecule has 0 radical (unpaired) electrons. The number of ether oxygens (including phenoxy) is 1. The fraction of sp³-hybridized carbons (Fsp3) is 0.565. The lowest BCUT2D eigenvalue weighted by Crippen LogP contribution is -2.22. The summed E-state index contributed by atoms with van der Waals surface area (Å²) < 4.78 is 5.76. The molecule has 0 amide bonds. The smallest absolute Gasteiger partial charge is 0.178 e. The van der Waals surface area contributed by atoms with E-state index in [0.717, 1.165) is 22.4 Å². The lowest BCUT2D eigenvalue weighted by Gasteiger charge is -2.29. The first-order chi connectivity index (χ1) is 11.6. The van der Waals surface area contributed by atoms with Crippen LogP contribution in [0, 0.1) is 16.7 Å². The number of benzene rings is 1. The summed E-state index contributed by atoms with van der Waals surface area (Å²) in [7, 11) is 1.69. The van der Waals surface area contributed by atoms with Crippen LogP contribution in [0.2, 0.25) is 0 Å². The van der Waals surface area contributed by atoms with Crippen molar-refractivity contribution in [1.82, 2.24) is 0 Å². The van der Waals surface area contributed by atoms with Gasteiger partial charge in [0.05, 0.1) is 12.7 Å². The molecule has 3 nitrogen and oxygen atoms in total. The number of carbonyl (C=O) groups is 1. The third-order valence-corrected chi connectivity index (χ3v) is 4.29. The van der Waals surface area contributed by atoms with E-state index in [1.165, 1.54) is 0 Å². The van der Waals surface area contributed by atoms with Crippen LogP contribution in [0.3, 0.4) is 0 Å². The Morgan fingerprint density at radius 2 is 1.38 bits per heavy atom. The predicted octanol–water partition coefficient (Wildman–Crippen LogP) is 5.81. The largest absolute Gasteiger partial charge is 0.496 e. The highest BCUT2D eigenvalue weighted by Crippen LogP contribution is 2.41. The fourth-order valence-electron chi connectivity index (χ4n) is 2.79. The van der Waals surface area contributed by atoms with Crippen molar-refractivity contribution in [3.05, 3.63) is 34.4 Å². The van der Waals surface area contributed by atoms with Crippen molar-refractivity contribution in [2.75, 3.05) is 7.11 Å². The first kappa shape index (κ1) is 22.0. The van der Waals surface area contributed by atoms with Gasteiger partial charge in [0, 0.05) is 16.5 Å². The topological polar surface area (TPSA) is 50.1 Å². The lowest BCUT2D eigenvalue weighted by atomic mass is 9.78. The summed E-state index contributed by atoms with van der Waals surface area (Å²) in [5, 5.41) is 9.52. The van der Waals surface area contributed by atoms with E-state index in [4.69, 9.17) is 4.74 Å². The Morgan fingerprint density at radius 3 is 1.65 bits per heavy atom. The second kappa shape index (κ2) is 7.27. The fourth-order valence-corrected chi connectivity index (χ4v) is 2.79. The summed E-state index contributed by atoms with van der Waals surface area (Å²) in [4.78, 5) is 12.6. The molecule has 0 saturated carbocycles. The molecule has 0 bridgehead atoms. The Hall–Kier alpha value is -2.08. The van der Waals surface area contributed by atoms with Gasteiger partial charge in [0.25, 0.3) is 0 Å². The van der Waals surface area contributed by atoms with Crippen LogP contribution in [0.1, 0.15) is 79.0 Å². The number of Topliss-reactive ketones (excluding diaryl/α,β-unsaturated/α-hetero) is 1. The van der Waals surface area contributed by atoms with Crippen LogP contribution >= 0.6 is 0 Å². The molecular weight excluding hydrogens is 322 g/mol. The zero-order valence-corrected chi connectivity index (χ0v) is 18.0. The molecule has 1 aromatic carbocycles. The zero-order valence-electron chi connectivity index (χ0n) is 18.0. The molecule has 26 heavy (non-hydrogen) atoms. The number of rotatable bonds is 3. The molecule has 0 saturated heterocycles. The number of allylic oxidation sites excluding steroid dienone is 1. The number of carbonyl (C=O) groups excluding carboxylic acids is 1. The lowest BCUT2D eigenvalue weighted by molar-refractivity contribution is -0.121. The normalized spacial score (nSPS) is 13.3. The van der Waals surface area contributed by atoms with Gasteiger partial charge in [-0.05, 0) is 34.6 Å². The third kappa shape index (κ3) is 4.97. The minimum atomic E-state index is -0.590. The molecule has 0 atom stereocenters. The van der Waals surface area contributed by atoms with Crippen molar-refractivity contribution in [2.24, 2.45) is 5.41 Å². The van der Waals surface area contributed by atoms with Gasteiger partial charge in [-0.2, -0.15) is 5.26 Å². The van der Waals surface area contributed by atoms with Gasteiger partial charge in [0.1, 0.15) is 11.8 Å². The Bertz CT molecular complexity index is 722. The van der Waals surface area contributed by atoms with Crippen LogP contribution in [0.25, 0.3) is 6.08 Å². The first-order valence-electron chi connectivity index (χ1n) is 9.02. The number of hydrogen-bond donors (Lipinski definition) is 0. The Labute approximate surface area is 159 Å². The van der Waals surface area contributed by atoms with Crippen molar-refractivity contribution in [3.8, 4) is 11.8 Å². The number of hydrogen-bond acceptors (Lipinski definition) is 3. The maximum Gasteiger partial charge on any atom is 0.178 e. The molecule has 0 N–H and O–H groups in total. The van der Waals surface area contributed by atoms with Crippen molar-refractivity contribution in [2.45, 2.75) is 73.1 Å². The van der Waals surface area contributed by atoms with Crippen LogP contribution in [-0.2, 0) is 15.6 Å². The maximum atomic E-state index is 12.6. The van der Waals surface area contributed by atoms with Crippen molar-refractivity contribution < 1.29 is 9.53 Å². The summed E-state index contributed by atoms with van der Waals surface area (Å²) >= 11 is 0. The SMILES string of the molecule is COc1c(C(C)(C)C)cc(C=C(C#N)C(=O)C(C)(C)C)cc1C(C)(C)C. The molecule has 0 unspecified atom stereocenters. The molecule has 0 aliphatic carbocycles. The van der Waals surface area contributed by atoms with E-state index in [9.17, 15) is 10.1 Å². The molecule has 0 fully saturated rings. The summed E-state index contributed by atoms with van der Waals surface area (Å²) in [6.07, 6.45) is 1.71. The van der Waals surface area contributed by atoms with E-state index in [-0.39, 0.29) is 22.2 Å². The number of nitrogens with zero attached hydrogens (tertiary/aromatic N) is 1. The van der Waals surface area contributed by atoms with Gasteiger partial charge in [-0.1, -0.05) is 62.3 Å². The van der Waals surface area contributed by atoms with Gasteiger partial charge in [0.15, 0.2) is 5.78 Å². The van der Waals surface area contributed by atoms with Crippen molar-refractivity contribution >= 4 is 11.9 Å². The second-order valence-corrected chi connectivity index (χ2v) is 9.90. The summed E-state index contributed by atoms with van der Waals surface area (Å²) in [5.74, 6) is 0.730. The van der Waals surface area contributed by atoms with Gasteiger partial charge in [0.2, 0.25) is 0 Å². The van der Waals surface area contributed by atoms with Gasteiger partial charge in [-0.3, -0.25) is 4.79 Å². The van der Waals surface area contributed by atoms with E-state index in [1.54, 1.807) is 13.2 Å². The summed E-state index contributed by atoms with van der Waals surface area (Å²) in [6, 6.07) is 6.14. The number of ketones is 1. The van der Waals surface area contributed by atoms with Crippen LogP contribution in [0.15, 0.2) is 17.7 Å². The van der Waals surface area contributed by atoms with E-state index < -0.39 is 5.41 Å². The Kier molecular flexibility index (Phi) is 6.14. The van der Waals surface area contributed by atoms with Gasteiger partial charge in [-0.15, -0.1) is 0 Å². The molecule has 0 spiro atoms. The zero-order chi connectivity index (χ0) is 20.5. The van der Waals surface area contributed by atoms with Crippen LogP contribution in [-0.4, -0.2) is 12.9 Å². The molecular formula is C23H33NO2. The maximum absolute atomic E-state index is 12.6. The molecule has 1 rings (SSSR count). The van der Waals surface area contributed by atoms with Gasteiger partial charge < -0.3 is 4.74 Å². The highest BCUT2D eigenvalue weighted by atomic mass is 16.5. The van der Waals surface area contributed by atoms with E-state index in [0.29, 0.717) is 0 Å². The average Bonchev–Trinajstić information content (AvgIpc) is 2.48. The van der Waals surface area contributed by atoms with Crippen molar-refractivity contribution in [1.29, 1.82) is 5.26 Å². The molecule has 0 heterocycles. The number of methoxy groups -OCH3 is 1. The highest BCUT2D eigenvalue weighted by Gasteiger charge is 2.28.